The number of benzene rings is 2. The van der Waals surface area contributed by atoms with Crippen LogP contribution in [0.4, 0.5) is 0 Å². The lowest BCUT2D eigenvalue weighted by Gasteiger charge is -2.06. The average Bonchev–Trinajstić information content (AvgIpc) is 2.98. The van der Waals surface area contributed by atoms with Crippen LogP contribution < -0.4 is 0 Å². The van der Waals surface area contributed by atoms with E-state index in [0.717, 1.165) is 39.1 Å². The molecule has 0 saturated carbocycles. The highest BCUT2D eigenvalue weighted by Gasteiger charge is 2.11. The maximum absolute atomic E-state index is 11.0. The van der Waals surface area contributed by atoms with Crippen molar-refractivity contribution in [1.29, 1.82) is 0 Å². The standard InChI is InChI=1S/C21H17N3O2/c1-14-18-9-8-17(16-6-4-5-15(11-16)12-21(25)26)13-19(18)24(23-14)20-7-2-3-10-22-20/h2-11,13H,12H2,1H3,(H,25,26). The van der Waals surface area contributed by atoms with Crippen molar-refractivity contribution >= 4 is 16.9 Å². The van der Waals surface area contributed by atoms with E-state index in [9.17, 15) is 4.79 Å². The second-order valence-corrected chi connectivity index (χ2v) is 6.19. The van der Waals surface area contributed by atoms with Crippen molar-refractivity contribution < 1.29 is 9.90 Å². The molecule has 5 nitrogen and oxygen atoms in total. The van der Waals surface area contributed by atoms with Gasteiger partial charge in [0.25, 0.3) is 0 Å². The molecule has 0 fully saturated rings. The van der Waals surface area contributed by atoms with E-state index in [1.54, 1.807) is 6.20 Å². The molecule has 0 aliphatic carbocycles. The number of aromatic nitrogens is 3. The van der Waals surface area contributed by atoms with Crippen LogP contribution in [0.1, 0.15) is 11.3 Å². The van der Waals surface area contributed by atoms with Gasteiger partial charge in [-0.25, -0.2) is 9.67 Å². The Morgan fingerprint density at radius 1 is 1.04 bits per heavy atom. The van der Waals surface area contributed by atoms with Gasteiger partial charge in [0, 0.05) is 11.6 Å². The van der Waals surface area contributed by atoms with Crippen LogP contribution in [0.25, 0.3) is 27.8 Å². The van der Waals surface area contributed by atoms with E-state index >= 15 is 0 Å². The smallest absolute Gasteiger partial charge is 0.307 e. The summed E-state index contributed by atoms with van der Waals surface area (Å²) in [6.07, 6.45) is 1.76. The Kier molecular flexibility index (Phi) is 3.97. The number of aryl methyl sites for hydroxylation is 1. The molecule has 0 aliphatic rings. The van der Waals surface area contributed by atoms with Crippen molar-refractivity contribution in [1.82, 2.24) is 14.8 Å². The number of carbonyl (C=O) groups is 1. The van der Waals surface area contributed by atoms with Crippen molar-refractivity contribution in [2.24, 2.45) is 0 Å². The van der Waals surface area contributed by atoms with Gasteiger partial charge in [-0.1, -0.05) is 42.5 Å². The summed E-state index contributed by atoms with van der Waals surface area (Å²) >= 11 is 0. The van der Waals surface area contributed by atoms with Crippen LogP contribution >= 0.6 is 0 Å². The summed E-state index contributed by atoms with van der Waals surface area (Å²) in [4.78, 5) is 15.4. The van der Waals surface area contributed by atoms with E-state index in [1.807, 2.05) is 60.1 Å². The topological polar surface area (TPSA) is 68.0 Å². The molecule has 4 rings (SSSR count). The molecule has 2 aromatic heterocycles. The van der Waals surface area contributed by atoms with Gasteiger partial charge >= 0.3 is 5.97 Å². The minimum atomic E-state index is -0.832. The second-order valence-electron chi connectivity index (χ2n) is 6.19. The Morgan fingerprint density at radius 2 is 1.88 bits per heavy atom. The van der Waals surface area contributed by atoms with Gasteiger partial charge in [-0.15, -0.1) is 0 Å². The third-order valence-electron chi connectivity index (χ3n) is 4.35. The van der Waals surface area contributed by atoms with E-state index in [4.69, 9.17) is 5.11 Å². The van der Waals surface area contributed by atoms with Crippen LogP contribution in [0.5, 0.6) is 0 Å². The Labute approximate surface area is 150 Å². The van der Waals surface area contributed by atoms with Crippen LogP contribution in [0.15, 0.2) is 66.9 Å². The number of rotatable bonds is 4. The first kappa shape index (κ1) is 16.0. The molecule has 4 aromatic rings. The number of hydrogen-bond acceptors (Lipinski definition) is 3. The van der Waals surface area contributed by atoms with E-state index in [2.05, 4.69) is 22.2 Å². The Hall–Kier alpha value is -3.47. The van der Waals surface area contributed by atoms with Crippen molar-refractivity contribution in [2.45, 2.75) is 13.3 Å². The van der Waals surface area contributed by atoms with E-state index in [-0.39, 0.29) is 6.42 Å². The highest BCUT2D eigenvalue weighted by molar-refractivity contribution is 5.88. The summed E-state index contributed by atoms with van der Waals surface area (Å²) in [6, 6.07) is 19.5. The number of pyridine rings is 1. The molecule has 0 radical (unpaired) electrons. The summed E-state index contributed by atoms with van der Waals surface area (Å²) < 4.78 is 1.84. The fourth-order valence-corrected chi connectivity index (χ4v) is 3.14. The molecule has 1 N–H and O–H groups in total. The van der Waals surface area contributed by atoms with Gasteiger partial charge in [-0.05, 0) is 41.8 Å². The number of hydrogen-bond donors (Lipinski definition) is 1. The minimum absolute atomic E-state index is 0.0149. The fraction of sp³-hybridized carbons (Fsp3) is 0.0952. The molecule has 128 valence electrons. The molecule has 0 aliphatic heterocycles. The Bertz CT molecular complexity index is 1100. The lowest BCUT2D eigenvalue weighted by Crippen LogP contribution is -2.00. The highest BCUT2D eigenvalue weighted by atomic mass is 16.4. The Morgan fingerprint density at radius 3 is 2.65 bits per heavy atom. The summed E-state index contributed by atoms with van der Waals surface area (Å²) in [6.45, 7) is 1.98. The van der Waals surface area contributed by atoms with Crippen molar-refractivity contribution in [3.63, 3.8) is 0 Å². The number of carboxylic acid groups (broad SMARTS) is 1. The van der Waals surface area contributed by atoms with Crippen molar-refractivity contribution in [3.8, 4) is 16.9 Å². The molecule has 26 heavy (non-hydrogen) atoms. The third kappa shape index (κ3) is 2.95. The van der Waals surface area contributed by atoms with Crippen LogP contribution in [-0.4, -0.2) is 25.8 Å². The zero-order chi connectivity index (χ0) is 18.1. The van der Waals surface area contributed by atoms with Gasteiger partial charge in [-0.3, -0.25) is 4.79 Å². The zero-order valence-corrected chi connectivity index (χ0v) is 14.3. The quantitative estimate of drug-likeness (QED) is 0.607. The molecule has 0 unspecified atom stereocenters. The van der Waals surface area contributed by atoms with Crippen LogP contribution in [0, 0.1) is 6.92 Å². The molecule has 0 spiro atoms. The first-order valence-electron chi connectivity index (χ1n) is 8.34. The number of aliphatic carboxylic acids is 1. The lowest BCUT2D eigenvalue weighted by molar-refractivity contribution is -0.136. The molecule has 2 aromatic carbocycles. The molecule has 0 saturated heterocycles. The van der Waals surface area contributed by atoms with Gasteiger partial charge in [0.2, 0.25) is 0 Å². The Balaban J connectivity index is 1.84. The van der Waals surface area contributed by atoms with Crippen LogP contribution in [0.3, 0.4) is 0 Å². The SMILES string of the molecule is Cc1nn(-c2ccccn2)c2cc(-c3cccc(CC(=O)O)c3)ccc12. The number of nitrogens with zero attached hydrogens (tertiary/aromatic N) is 3. The van der Waals surface area contributed by atoms with Crippen molar-refractivity contribution in [2.75, 3.05) is 0 Å². The largest absolute Gasteiger partial charge is 0.481 e. The average molecular weight is 343 g/mol. The third-order valence-corrected chi connectivity index (χ3v) is 4.35. The van der Waals surface area contributed by atoms with Gasteiger partial charge < -0.3 is 5.11 Å². The summed E-state index contributed by atoms with van der Waals surface area (Å²) in [7, 11) is 0. The van der Waals surface area contributed by atoms with Gasteiger partial charge in [0.15, 0.2) is 5.82 Å². The lowest BCUT2D eigenvalue weighted by atomic mass is 10.0. The number of carboxylic acids is 1. The van der Waals surface area contributed by atoms with E-state index in [0.29, 0.717) is 0 Å². The molecule has 0 atom stereocenters. The first-order chi connectivity index (χ1) is 12.6. The first-order valence-corrected chi connectivity index (χ1v) is 8.34. The monoisotopic (exact) mass is 343 g/mol. The molecule has 2 heterocycles. The molecule has 0 bridgehead atoms. The molecular formula is C21H17N3O2. The van der Waals surface area contributed by atoms with Crippen LogP contribution in [-0.2, 0) is 11.2 Å². The minimum Gasteiger partial charge on any atom is -0.481 e. The maximum atomic E-state index is 11.0. The molecular weight excluding hydrogens is 326 g/mol. The number of fused-ring (bicyclic) bond motifs is 1. The summed E-state index contributed by atoms with van der Waals surface area (Å²) in [5.41, 5.74) is 4.70. The maximum Gasteiger partial charge on any atom is 0.307 e. The predicted octanol–water partition coefficient (Wildman–Crippen LogP) is 4.02. The predicted molar refractivity (Wildman–Crippen MR) is 100 cm³/mol. The molecule has 5 heteroatoms. The zero-order valence-electron chi connectivity index (χ0n) is 14.3. The van der Waals surface area contributed by atoms with Crippen LogP contribution in [0.2, 0.25) is 0 Å². The summed E-state index contributed by atoms with van der Waals surface area (Å²) in [5.74, 6) is -0.0659. The summed E-state index contributed by atoms with van der Waals surface area (Å²) in [5, 5.41) is 14.7. The van der Waals surface area contributed by atoms with Crippen molar-refractivity contribution in [3.05, 3.63) is 78.1 Å². The van der Waals surface area contributed by atoms with E-state index in [1.165, 1.54) is 0 Å². The van der Waals surface area contributed by atoms with E-state index < -0.39 is 5.97 Å². The second kappa shape index (κ2) is 6.44. The van der Waals surface area contributed by atoms with Gasteiger partial charge in [-0.2, -0.15) is 5.10 Å². The van der Waals surface area contributed by atoms with Gasteiger partial charge in [0.1, 0.15) is 0 Å². The highest BCUT2D eigenvalue weighted by Crippen LogP contribution is 2.28. The fourth-order valence-electron chi connectivity index (χ4n) is 3.14. The van der Waals surface area contributed by atoms with Gasteiger partial charge in [0.05, 0.1) is 17.6 Å². The normalized spacial score (nSPS) is 11.0. The molecule has 0 amide bonds.